The second-order valence-electron chi connectivity index (χ2n) is 6.24. The average Bonchev–Trinajstić information content (AvgIpc) is 3.45. The first-order chi connectivity index (χ1) is 12.0. The first-order valence-electron chi connectivity index (χ1n) is 8.29. The van der Waals surface area contributed by atoms with Gasteiger partial charge in [-0.15, -0.1) is 0 Å². The van der Waals surface area contributed by atoms with Crippen LogP contribution in [0.5, 0.6) is 5.75 Å². The molecule has 132 valence electrons. The molecule has 0 bridgehead atoms. The molecule has 6 heteroatoms. The number of carbonyl (C=O) groups is 2. The van der Waals surface area contributed by atoms with Crippen molar-refractivity contribution < 1.29 is 19.1 Å². The molecule has 0 aromatic heterocycles. The molecule has 1 aliphatic carbocycles. The Bertz CT molecular complexity index is 788. The minimum Gasteiger partial charge on any atom is -0.481 e. The van der Waals surface area contributed by atoms with E-state index in [1.165, 1.54) is 0 Å². The van der Waals surface area contributed by atoms with Gasteiger partial charge in [0.05, 0.1) is 4.47 Å². The number of nitrogens with one attached hydrogen (secondary N) is 1. The zero-order chi connectivity index (χ0) is 17.8. The van der Waals surface area contributed by atoms with Crippen LogP contribution in [0.2, 0.25) is 0 Å². The maximum atomic E-state index is 11.8. The summed E-state index contributed by atoms with van der Waals surface area (Å²) in [5.41, 5.74) is 0. The fourth-order valence-corrected chi connectivity index (χ4v) is 3.27. The summed E-state index contributed by atoms with van der Waals surface area (Å²) in [6.45, 7) is 1.44. The normalized spacial score (nSPS) is 14.8. The highest BCUT2D eigenvalue weighted by molar-refractivity contribution is 9.10. The highest BCUT2D eigenvalue weighted by Gasteiger charge is 2.28. The molecule has 0 unspecified atom stereocenters. The molecular weight excluding hydrogens is 386 g/mol. The first kappa shape index (κ1) is 17.7. The lowest BCUT2D eigenvalue weighted by Gasteiger charge is -2.13. The molecular formula is C19H20BrNO4. The van der Waals surface area contributed by atoms with E-state index < -0.39 is 5.97 Å². The topological polar surface area (TPSA) is 64.6 Å². The van der Waals surface area contributed by atoms with Gasteiger partial charge in [0.1, 0.15) is 5.75 Å². The number of benzene rings is 2. The molecule has 5 nitrogen and oxygen atoms in total. The van der Waals surface area contributed by atoms with E-state index in [9.17, 15) is 9.59 Å². The van der Waals surface area contributed by atoms with Gasteiger partial charge in [-0.2, -0.15) is 0 Å². The van der Waals surface area contributed by atoms with E-state index in [1.54, 1.807) is 6.07 Å². The Hall–Kier alpha value is -2.08. The van der Waals surface area contributed by atoms with E-state index in [0.29, 0.717) is 11.7 Å². The van der Waals surface area contributed by atoms with Crippen LogP contribution in [0.3, 0.4) is 0 Å². The minimum absolute atomic E-state index is 0.135. The molecule has 0 saturated heterocycles. The number of amides is 1. The molecule has 2 aromatic rings. The van der Waals surface area contributed by atoms with Gasteiger partial charge >= 0.3 is 5.97 Å². The molecule has 2 aromatic carbocycles. The van der Waals surface area contributed by atoms with Crippen molar-refractivity contribution in [1.82, 2.24) is 5.32 Å². The third kappa shape index (κ3) is 4.72. The van der Waals surface area contributed by atoms with Gasteiger partial charge in [-0.1, -0.05) is 30.3 Å². The Balaban J connectivity index is 1.47. The van der Waals surface area contributed by atoms with Crippen LogP contribution in [0.15, 0.2) is 40.9 Å². The molecule has 1 fully saturated rings. The number of hydrogen-bond donors (Lipinski definition) is 1. The maximum absolute atomic E-state index is 11.8. The van der Waals surface area contributed by atoms with Crippen LogP contribution in [-0.4, -0.2) is 31.1 Å². The van der Waals surface area contributed by atoms with Crippen LogP contribution in [-0.2, 0) is 14.3 Å². The van der Waals surface area contributed by atoms with E-state index in [4.69, 9.17) is 9.47 Å². The highest BCUT2D eigenvalue weighted by atomic mass is 79.9. The zero-order valence-corrected chi connectivity index (χ0v) is 15.5. The van der Waals surface area contributed by atoms with Crippen molar-refractivity contribution in [2.75, 3.05) is 13.2 Å². The molecule has 1 amide bonds. The van der Waals surface area contributed by atoms with E-state index in [1.807, 2.05) is 37.3 Å². The van der Waals surface area contributed by atoms with Crippen molar-refractivity contribution in [3.8, 4) is 5.75 Å². The summed E-state index contributed by atoms with van der Waals surface area (Å²) < 4.78 is 11.3. The number of esters is 1. The molecule has 1 saturated carbocycles. The summed E-state index contributed by atoms with van der Waals surface area (Å²) in [5, 5.41) is 4.91. The van der Waals surface area contributed by atoms with Gasteiger partial charge in [0.25, 0.3) is 5.91 Å². The Morgan fingerprint density at radius 3 is 2.72 bits per heavy atom. The SMILES string of the molecule is C[C@@H](NC(=O)COC(=O)COc1ccc2ccccc2c1Br)C1CC1. The third-order valence-corrected chi connectivity index (χ3v) is 5.07. The second kappa shape index (κ2) is 7.87. The highest BCUT2D eigenvalue weighted by Crippen LogP contribution is 2.33. The van der Waals surface area contributed by atoms with Crippen molar-refractivity contribution in [2.24, 2.45) is 5.92 Å². The van der Waals surface area contributed by atoms with Gasteiger partial charge in [-0.25, -0.2) is 4.79 Å². The van der Waals surface area contributed by atoms with Crippen LogP contribution in [0.1, 0.15) is 19.8 Å². The monoisotopic (exact) mass is 405 g/mol. The van der Waals surface area contributed by atoms with E-state index in [-0.39, 0.29) is 25.2 Å². The van der Waals surface area contributed by atoms with Gasteiger partial charge in [0.15, 0.2) is 13.2 Å². The minimum atomic E-state index is -0.575. The summed E-state index contributed by atoms with van der Waals surface area (Å²) in [6, 6.07) is 11.7. The second-order valence-corrected chi connectivity index (χ2v) is 7.03. The number of halogens is 1. The molecule has 3 rings (SSSR count). The van der Waals surface area contributed by atoms with Gasteiger partial charge in [0, 0.05) is 6.04 Å². The quantitative estimate of drug-likeness (QED) is 0.716. The first-order valence-corrected chi connectivity index (χ1v) is 9.09. The van der Waals surface area contributed by atoms with Crippen molar-refractivity contribution >= 4 is 38.6 Å². The molecule has 1 atom stereocenters. The average molecular weight is 406 g/mol. The molecule has 0 aliphatic heterocycles. The lowest BCUT2D eigenvalue weighted by atomic mass is 10.1. The Morgan fingerprint density at radius 1 is 1.20 bits per heavy atom. The molecule has 25 heavy (non-hydrogen) atoms. The number of ether oxygens (including phenoxy) is 2. The number of rotatable bonds is 7. The van der Waals surface area contributed by atoms with Crippen LogP contribution in [0, 0.1) is 5.92 Å². The van der Waals surface area contributed by atoms with E-state index in [0.717, 1.165) is 28.1 Å². The summed E-state index contributed by atoms with van der Waals surface area (Å²) in [7, 11) is 0. The maximum Gasteiger partial charge on any atom is 0.344 e. The fourth-order valence-electron chi connectivity index (χ4n) is 2.66. The van der Waals surface area contributed by atoms with Gasteiger partial charge in [0.2, 0.25) is 0 Å². The largest absolute Gasteiger partial charge is 0.481 e. The lowest BCUT2D eigenvalue weighted by Crippen LogP contribution is -2.37. The molecule has 1 aliphatic rings. The molecule has 1 N–H and O–H groups in total. The van der Waals surface area contributed by atoms with Crippen LogP contribution in [0.25, 0.3) is 10.8 Å². The van der Waals surface area contributed by atoms with Crippen LogP contribution in [0.4, 0.5) is 0 Å². The summed E-state index contributed by atoms with van der Waals surface area (Å²) in [4.78, 5) is 23.5. The fraction of sp³-hybridized carbons (Fsp3) is 0.368. The Kier molecular flexibility index (Phi) is 5.58. The molecule has 0 spiro atoms. The lowest BCUT2D eigenvalue weighted by molar-refractivity contribution is -0.150. The third-order valence-electron chi connectivity index (χ3n) is 4.26. The zero-order valence-electron chi connectivity index (χ0n) is 14.0. The van der Waals surface area contributed by atoms with Crippen molar-refractivity contribution in [3.05, 3.63) is 40.9 Å². The van der Waals surface area contributed by atoms with Gasteiger partial charge in [-0.3, -0.25) is 4.79 Å². The van der Waals surface area contributed by atoms with E-state index >= 15 is 0 Å². The van der Waals surface area contributed by atoms with Crippen molar-refractivity contribution in [1.29, 1.82) is 0 Å². The van der Waals surface area contributed by atoms with Crippen molar-refractivity contribution in [3.63, 3.8) is 0 Å². The number of hydrogen-bond acceptors (Lipinski definition) is 4. The summed E-state index contributed by atoms with van der Waals surface area (Å²) in [5.74, 6) is 0.268. The summed E-state index contributed by atoms with van der Waals surface area (Å²) >= 11 is 3.50. The van der Waals surface area contributed by atoms with E-state index in [2.05, 4.69) is 21.2 Å². The standard InChI is InChI=1S/C19H20BrNO4/c1-12(13-6-7-13)21-17(22)10-25-18(23)11-24-16-9-8-14-4-2-3-5-15(14)19(16)20/h2-5,8-9,12-13H,6-7,10-11H2,1H3,(H,21,22)/t12-/m1/s1. The number of carbonyl (C=O) groups excluding carboxylic acids is 2. The van der Waals surface area contributed by atoms with Gasteiger partial charge < -0.3 is 14.8 Å². The summed E-state index contributed by atoms with van der Waals surface area (Å²) in [6.07, 6.45) is 2.30. The predicted octanol–water partition coefficient (Wildman–Crippen LogP) is 3.44. The van der Waals surface area contributed by atoms with Crippen LogP contribution >= 0.6 is 15.9 Å². The predicted molar refractivity (Wildman–Crippen MR) is 98.4 cm³/mol. The molecule has 0 heterocycles. The van der Waals surface area contributed by atoms with Gasteiger partial charge in [-0.05, 0) is 58.5 Å². The smallest absolute Gasteiger partial charge is 0.344 e. The molecule has 0 radical (unpaired) electrons. The number of fused-ring (bicyclic) bond motifs is 1. The van der Waals surface area contributed by atoms with Crippen molar-refractivity contribution in [2.45, 2.75) is 25.8 Å². The Morgan fingerprint density at radius 2 is 1.96 bits per heavy atom. The Labute approximate surface area is 154 Å². The van der Waals surface area contributed by atoms with Crippen LogP contribution < -0.4 is 10.1 Å².